The molecule has 3 heteroatoms. The summed E-state index contributed by atoms with van der Waals surface area (Å²) < 4.78 is 0.676. The molecule has 2 radical (unpaired) electrons. The lowest BCUT2D eigenvalue weighted by atomic mass is 10.0. The summed E-state index contributed by atoms with van der Waals surface area (Å²) in [6.45, 7) is 5.36. The maximum absolute atomic E-state index is 9.57. The lowest BCUT2D eigenvalue weighted by Crippen LogP contribution is -2.10. The van der Waals surface area contributed by atoms with Crippen LogP contribution in [0.25, 0.3) is 0 Å². The molecule has 0 atom stereocenters. The molecule has 1 rings (SSSR count). The van der Waals surface area contributed by atoms with Crippen LogP contribution in [0.15, 0.2) is 0 Å². The fourth-order valence-electron chi connectivity index (χ4n) is 1.14. The van der Waals surface area contributed by atoms with E-state index in [2.05, 4.69) is 16.3 Å². The Hall–Kier alpha value is -0.648. The third kappa shape index (κ3) is 1.20. The Morgan fingerprint density at radius 3 is 1.75 bits per heavy atom. The number of aromatic hydroxyl groups is 2. The van der Waals surface area contributed by atoms with E-state index in [4.69, 9.17) is 0 Å². The number of hydrogen-bond donors (Lipinski definition) is 2. The van der Waals surface area contributed by atoms with E-state index in [0.717, 1.165) is 16.7 Å². The highest BCUT2D eigenvalue weighted by atomic mass is 27.0. The normalized spacial score (nSPS) is 10.2. The van der Waals surface area contributed by atoms with Crippen LogP contribution < -0.4 is 4.43 Å². The highest BCUT2D eigenvalue weighted by molar-refractivity contribution is 6.35. The Bertz CT molecular complexity index is 227. The molecule has 0 aromatic heterocycles. The molecule has 62 valence electrons. The minimum atomic E-state index is 0.257. The summed E-state index contributed by atoms with van der Waals surface area (Å²) in [4.78, 5) is 0. The van der Waals surface area contributed by atoms with Crippen LogP contribution in [0.4, 0.5) is 0 Å². The lowest BCUT2D eigenvalue weighted by molar-refractivity contribution is 0.453. The Kier molecular flexibility index (Phi) is 2.37. The van der Waals surface area contributed by atoms with Gasteiger partial charge in [-0.1, -0.05) is 4.43 Å². The average Bonchev–Trinajstić information content (AvgIpc) is 2.08. The molecule has 0 fully saturated rings. The average molecular weight is 178 g/mol. The third-order valence-corrected chi connectivity index (χ3v) is 2.99. The summed E-state index contributed by atoms with van der Waals surface area (Å²) in [6.07, 6.45) is 0. The first-order chi connectivity index (χ1) is 5.46. The van der Waals surface area contributed by atoms with Gasteiger partial charge >= 0.3 is 0 Å². The van der Waals surface area contributed by atoms with Crippen molar-refractivity contribution in [2.24, 2.45) is 0 Å². The van der Waals surface area contributed by atoms with Gasteiger partial charge in [0.2, 0.25) is 0 Å². The van der Waals surface area contributed by atoms with Gasteiger partial charge in [0.15, 0.2) is 16.3 Å². The number of rotatable bonds is 0. The van der Waals surface area contributed by atoms with E-state index >= 15 is 0 Å². The minimum absolute atomic E-state index is 0.257. The monoisotopic (exact) mass is 178 g/mol. The molecule has 1 aromatic carbocycles. The lowest BCUT2D eigenvalue weighted by Gasteiger charge is -2.13. The zero-order valence-corrected chi connectivity index (χ0v) is 8.63. The molecule has 0 aliphatic heterocycles. The van der Waals surface area contributed by atoms with Crippen molar-refractivity contribution in [3.05, 3.63) is 16.7 Å². The molecule has 0 aliphatic rings. The van der Waals surface area contributed by atoms with Crippen LogP contribution in [0.2, 0.25) is 0 Å². The van der Waals surface area contributed by atoms with Crippen molar-refractivity contribution in [3.63, 3.8) is 0 Å². The molecule has 12 heavy (non-hydrogen) atoms. The van der Waals surface area contributed by atoms with E-state index in [9.17, 15) is 10.2 Å². The molecule has 2 nitrogen and oxygen atoms in total. The minimum Gasteiger partial charge on any atom is -0.509 e. The van der Waals surface area contributed by atoms with Crippen molar-refractivity contribution in [2.75, 3.05) is 0 Å². The molecule has 0 saturated heterocycles. The highest BCUT2D eigenvalue weighted by Gasteiger charge is 2.11. The van der Waals surface area contributed by atoms with E-state index in [1.807, 2.05) is 0 Å². The Balaban J connectivity index is 3.60. The van der Waals surface area contributed by atoms with Crippen LogP contribution in [0.3, 0.4) is 0 Å². The summed E-state index contributed by atoms with van der Waals surface area (Å²) in [5, 5.41) is 19.1. The number of phenolic OH excluding ortho intramolecular Hbond substituents is 2. The van der Waals surface area contributed by atoms with Gasteiger partial charge in [-0.15, -0.1) is 0 Å². The van der Waals surface area contributed by atoms with Crippen molar-refractivity contribution in [1.82, 2.24) is 0 Å². The second kappa shape index (κ2) is 3.01. The van der Waals surface area contributed by atoms with Crippen molar-refractivity contribution in [2.45, 2.75) is 20.8 Å². The molecule has 0 saturated carbocycles. The topological polar surface area (TPSA) is 40.5 Å². The first-order valence-electron chi connectivity index (χ1n) is 3.74. The Labute approximate surface area is 80.3 Å². The molecule has 1 aromatic rings. The predicted octanol–water partition coefficient (Wildman–Crippen LogP) is 0.817. The third-order valence-electron chi connectivity index (χ3n) is 2.29. The van der Waals surface area contributed by atoms with E-state index in [0.29, 0.717) is 4.43 Å². The second-order valence-corrected chi connectivity index (χ2v) is 3.56. The van der Waals surface area contributed by atoms with Crippen LogP contribution in [-0.4, -0.2) is 26.5 Å². The summed E-state index contributed by atoms with van der Waals surface area (Å²) in [5.74, 6) is 0.531. The molecule has 0 unspecified atom stereocenters. The van der Waals surface area contributed by atoms with Crippen molar-refractivity contribution in [3.8, 4) is 11.5 Å². The molecule has 0 bridgehead atoms. The van der Waals surface area contributed by atoms with Crippen molar-refractivity contribution < 1.29 is 10.2 Å². The van der Waals surface area contributed by atoms with Crippen LogP contribution in [-0.2, 0) is 0 Å². The highest BCUT2D eigenvalue weighted by Crippen LogP contribution is 2.28. The van der Waals surface area contributed by atoms with E-state index in [1.54, 1.807) is 20.8 Å². The summed E-state index contributed by atoms with van der Waals surface area (Å²) in [7, 11) is 0. The number of hydrogen-bond acceptors (Lipinski definition) is 2. The van der Waals surface area contributed by atoms with Crippen LogP contribution in [0.5, 0.6) is 11.5 Å². The van der Waals surface area contributed by atoms with Gasteiger partial charge in [0.1, 0.15) is 11.5 Å². The molecule has 0 spiro atoms. The first-order valence-corrected chi connectivity index (χ1v) is 4.31. The standard InChI is InChI=1S/C9H11O2.Al/c1-5-4-8(10)6(2)7(3)9(5)11;/h10-11H,1-3H3;. The SMILES string of the molecule is Cc1c(C)c(O)[c]([Al])c(C)c1O. The molecule has 0 amide bonds. The van der Waals surface area contributed by atoms with Crippen LogP contribution >= 0.6 is 0 Å². The fraction of sp³-hybridized carbons (Fsp3) is 0.333. The summed E-state index contributed by atoms with van der Waals surface area (Å²) in [6, 6.07) is 0. The van der Waals surface area contributed by atoms with E-state index in [1.165, 1.54) is 0 Å². The maximum Gasteiger partial charge on any atom is 0.182 e. The molecule has 0 heterocycles. The molecule has 0 aliphatic carbocycles. The summed E-state index contributed by atoms with van der Waals surface area (Å²) >= 11 is 2.43. The van der Waals surface area contributed by atoms with E-state index < -0.39 is 0 Å². The molecular formula is C9H11AlO2. The molecular weight excluding hydrogens is 167 g/mol. The van der Waals surface area contributed by atoms with Gasteiger partial charge in [0.25, 0.3) is 0 Å². The largest absolute Gasteiger partial charge is 0.509 e. The Morgan fingerprint density at radius 2 is 1.25 bits per heavy atom. The van der Waals surface area contributed by atoms with Crippen LogP contribution in [0, 0.1) is 20.8 Å². The number of benzene rings is 1. The number of phenols is 2. The maximum atomic E-state index is 9.57. The predicted molar refractivity (Wildman–Crippen MR) is 49.4 cm³/mol. The quantitative estimate of drug-likeness (QED) is 0.456. The zero-order chi connectivity index (χ0) is 9.46. The van der Waals surface area contributed by atoms with Gasteiger partial charge in [0.05, 0.1) is 0 Å². The van der Waals surface area contributed by atoms with Crippen molar-refractivity contribution >= 4 is 20.7 Å². The van der Waals surface area contributed by atoms with Gasteiger partial charge in [-0.25, -0.2) is 0 Å². The zero-order valence-electron chi connectivity index (χ0n) is 7.47. The van der Waals surface area contributed by atoms with Crippen LogP contribution in [0.1, 0.15) is 16.7 Å². The Morgan fingerprint density at radius 1 is 0.833 bits per heavy atom. The first kappa shape index (κ1) is 9.44. The fourth-order valence-corrected chi connectivity index (χ4v) is 1.50. The van der Waals surface area contributed by atoms with Crippen molar-refractivity contribution in [1.29, 1.82) is 0 Å². The van der Waals surface area contributed by atoms with Gasteiger partial charge in [-0.3, -0.25) is 0 Å². The van der Waals surface area contributed by atoms with Gasteiger partial charge in [-0.05, 0) is 37.5 Å². The smallest absolute Gasteiger partial charge is 0.182 e. The second-order valence-electron chi connectivity index (χ2n) is 2.99. The van der Waals surface area contributed by atoms with E-state index in [-0.39, 0.29) is 11.5 Å². The summed E-state index contributed by atoms with van der Waals surface area (Å²) in [5.41, 5.74) is 2.21. The van der Waals surface area contributed by atoms with Gasteiger partial charge < -0.3 is 10.2 Å². The van der Waals surface area contributed by atoms with Gasteiger partial charge in [0, 0.05) is 0 Å². The molecule has 2 N–H and O–H groups in total. The van der Waals surface area contributed by atoms with Gasteiger partial charge in [-0.2, -0.15) is 0 Å².